The van der Waals surface area contributed by atoms with Gasteiger partial charge in [-0.15, -0.1) is 5.10 Å². The first kappa shape index (κ1) is 20.8. The highest BCUT2D eigenvalue weighted by molar-refractivity contribution is 5.78. The van der Waals surface area contributed by atoms with Gasteiger partial charge in [-0.05, 0) is 34.9 Å². The average Bonchev–Trinajstić information content (AvgIpc) is 3.46. The third-order valence-electron chi connectivity index (χ3n) is 5.23. The molecule has 8 heteroatoms. The Bertz CT molecular complexity index is 1080. The first-order valence-corrected chi connectivity index (χ1v) is 11.0. The van der Waals surface area contributed by atoms with Crippen molar-refractivity contribution in [3.05, 3.63) is 59.8 Å². The number of unbranched alkanes of at least 4 members (excludes halogenated alkanes) is 2. The first-order chi connectivity index (χ1) is 15.3. The van der Waals surface area contributed by atoms with E-state index in [9.17, 15) is 0 Å². The van der Waals surface area contributed by atoms with E-state index in [1.807, 2.05) is 41.2 Å². The Morgan fingerprint density at radius 1 is 0.935 bits per heavy atom. The molecule has 3 heterocycles. The predicted molar refractivity (Wildman–Crippen MR) is 119 cm³/mol. The summed E-state index contributed by atoms with van der Waals surface area (Å²) in [6, 6.07) is 12.1. The zero-order chi connectivity index (χ0) is 21.5. The van der Waals surface area contributed by atoms with Crippen LogP contribution in [0.1, 0.15) is 56.7 Å². The van der Waals surface area contributed by atoms with Gasteiger partial charge in [0, 0.05) is 30.2 Å². The van der Waals surface area contributed by atoms with E-state index in [0.717, 1.165) is 59.7 Å². The highest BCUT2D eigenvalue weighted by Crippen LogP contribution is 2.28. The molecule has 0 unspecified atom stereocenters. The minimum Gasteiger partial charge on any atom is -0.256 e. The maximum Gasteiger partial charge on any atom is 0.180 e. The van der Waals surface area contributed by atoms with Gasteiger partial charge >= 0.3 is 0 Å². The molecule has 8 nitrogen and oxygen atoms in total. The molecule has 0 fully saturated rings. The van der Waals surface area contributed by atoms with Gasteiger partial charge in [-0.3, -0.25) is 4.98 Å². The van der Waals surface area contributed by atoms with Crippen LogP contribution in [0, 0.1) is 0 Å². The largest absolute Gasteiger partial charge is 0.256 e. The Morgan fingerprint density at radius 2 is 1.81 bits per heavy atom. The normalized spacial score (nSPS) is 11.2. The van der Waals surface area contributed by atoms with Crippen molar-refractivity contribution in [2.75, 3.05) is 0 Å². The molecule has 1 aromatic carbocycles. The average molecular weight is 417 g/mol. The van der Waals surface area contributed by atoms with E-state index < -0.39 is 0 Å². The van der Waals surface area contributed by atoms with Gasteiger partial charge in [-0.25, -0.2) is 14.8 Å². The van der Waals surface area contributed by atoms with E-state index in [1.165, 1.54) is 12.8 Å². The molecule has 0 radical (unpaired) electrons. The van der Waals surface area contributed by atoms with Gasteiger partial charge in [-0.1, -0.05) is 57.0 Å². The van der Waals surface area contributed by atoms with Crippen LogP contribution < -0.4 is 0 Å². The van der Waals surface area contributed by atoms with Crippen LogP contribution in [0.25, 0.3) is 22.6 Å². The maximum atomic E-state index is 4.78. The summed E-state index contributed by atoms with van der Waals surface area (Å²) in [6.07, 6.45) is 8.41. The molecule has 160 valence electrons. The Balaban J connectivity index is 1.55. The number of aromatic amines is 1. The van der Waals surface area contributed by atoms with Crippen molar-refractivity contribution < 1.29 is 0 Å². The molecule has 4 rings (SSSR count). The van der Waals surface area contributed by atoms with Crippen molar-refractivity contribution in [1.29, 1.82) is 0 Å². The highest BCUT2D eigenvalue weighted by atomic mass is 15.5. The third-order valence-corrected chi connectivity index (χ3v) is 5.23. The lowest BCUT2D eigenvalue weighted by molar-refractivity contribution is 0.603. The van der Waals surface area contributed by atoms with Crippen LogP contribution >= 0.6 is 0 Å². The topological polar surface area (TPSA) is 98.1 Å². The molecule has 0 saturated heterocycles. The van der Waals surface area contributed by atoms with Gasteiger partial charge in [0.25, 0.3) is 0 Å². The Morgan fingerprint density at radius 3 is 2.52 bits per heavy atom. The number of aromatic nitrogens is 8. The minimum absolute atomic E-state index is 0.629. The summed E-state index contributed by atoms with van der Waals surface area (Å²) in [7, 11) is 0. The lowest BCUT2D eigenvalue weighted by Crippen LogP contribution is -2.08. The van der Waals surface area contributed by atoms with Crippen LogP contribution in [-0.2, 0) is 19.4 Å². The second-order valence-electron chi connectivity index (χ2n) is 7.66. The molecule has 3 aromatic heterocycles. The Labute approximate surface area is 182 Å². The van der Waals surface area contributed by atoms with Crippen LogP contribution in [0.3, 0.4) is 0 Å². The van der Waals surface area contributed by atoms with Gasteiger partial charge in [-0.2, -0.15) is 5.10 Å². The minimum atomic E-state index is 0.629. The van der Waals surface area contributed by atoms with E-state index in [0.29, 0.717) is 12.4 Å². The molecule has 0 spiro atoms. The number of benzene rings is 1. The first-order valence-electron chi connectivity index (χ1n) is 11.0. The van der Waals surface area contributed by atoms with Gasteiger partial charge in [0.15, 0.2) is 11.6 Å². The molecule has 0 aliphatic carbocycles. The van der Waals surface area contributed by atoms with Gasteiger partial charge in [0.05, 0.1) is 12.2 Å². The molecule has 4 aromatic rings. The number of tetrazole rings is 1. The van der Waals surface area contributed by atoms with E-state index in [-0.39, 0.29) is 0 Å². The number of nitrogens with zero attached hydrogens (tertiary/aromatic N) is 7. The van der Waals surface area contributed by atoms with Crippen molar-refractivity contribution in [3.63, 3.8) is 0 Å². The summed E-state index contributed by atoms with van der Waals surface area (Å²) in [5.41, 5.74) is 3.89. The maximum absolute atomic E-state index is 4.78. The molecular formula is C23H28N8. The fourth-order valence-electron chi connectivity index (χ4n) is 3.64. The van der Waals surface area contributed by atoms with Crippen molar-refractivity contribution in [2.24, 2.45) is 0 Å². The summed E-state index contributed by atoms with van der Waals surface area (Å²) >= 11 is 0. The number of aryl methyl sites for hydroxylation is 2. The lowest BCUT2D eigenvalue weighted by atomic mass is 10.0. The second-order valence-corrected chi connectivity index (χ2v) is 7.66. The second kappa shape index (κ2) is 10.1. The number of hydrogen-bond donors (Lipinski definition) is 1. The standard InChI is InChI=1S/C23H28N8/c1-3-5-6-12-22-25-21(9-4-2)28-31(22)16-17-13-14-20(24-15-17)18-10-7-8-11-19(18)23-26-29-30-27-23/h7-8,10-11,13-15H,3-6,9,12,16H2,1-2H3,(H,26,27,29,30). The zero-order valence-electron chi connectivity index (χ0n) is 18.1. The Hall–Kier alpha value is -3.42. The summed E-state index contributed by atoms with van der Waals surface area (Å²) in [5.74, 6) is 2.64. The fourth-order valence-corrected chi connectivity index (χ4v) is 3.64. The number of H-pyrrole nitrogens is 1. The summed E-state index contributed by atoms with van der Waals surface area (Å²) in [6.45, 7) is 5.06. The smallest absolute Gasteiger partial charge is 0.180 e. The van der Waals surface area contributed by atoms with Crippen LogP contribution in [0.2, 0.25) is 0 Å². The van der Waals surface area contributed by atoms with E-state index >= 15 is 0 Å². The molecule has 0 aliphatic rings. The van der Waals surface area contributed by atoms with Crippen LogP contribution in [0.4, 0.5) is 0 Å². The van der Waals surface area contributed by atoms with Crippen molar-refractivity contribution in [3.8, 4) is 22.6 Å². The number of nitrogens with one attached hydrogen (secondary N) is 1. The van der Waals surface area contributed by atoms with Crippen molar-refractivity contribution >= 4 is 0 Å². The molecule has 0 atom stereocenters. The summed E-state index contributed by atoms with van der Waals surface area (Å²) in [5, 5.41) is 19.0. The molecular weight excluding hydrogens is 388 g/mol. The lowest BCUT2D eigenvalue weighted by Gasteiger charge is -2.09. The monoisotopic (exact) mass is 416 g/mol. The number of rotatable bonds is 10. The van der Waals surface area contributed by atoms with Gasteiger partial charge < -0.3 is 0 Å². The quantitative estimate of drug-likeness (QED) is 0.388. The summed E-state index contributed by atoms with van der Waals surface area (Å²) in [4.78, 5) is 9.50. The van der Waals surface area contributed by atoms with E-state index in [4.69, 9.17) is 15.1 Å². The molecule has 0 saturated carbocycles. The van der Waals surface area contributed by atoms with E-state index in [1.54, 1.807) is 0 Å². The van der Waals surface area contributed by atoms with E-state index in [2.05, 4.69) is 40.5 Å². The van der Waals surface area contributed by atoms with Crippen LogP contribution in [0.15, 0.2) is 42.6 Å². The highest BCUT2D eigenvalue weighted by Gasteiger charge is 2.13. The Kier molecular flexibility index (Phi) is 6.76. The van der Waals surface area contributed by atoms with Crippen LogP contribution in [0.5, 0.6) is 0 Å². The van der Waals surface area contributed by atoms with Crippen molar-refractivity contribution in [1.82, 2.24) is 40.4 Å². The zero-order valence-corrected chi connectivity index (χ0v) is 18.1. The van der Waals surface area contributed by atoms with Crippen molar-refractivity contribution in [2.45, 2.75) is 58.9 Å². The predicted octanol–water partition coefficient (Wildman–Crippen LogP) is 4.25. The molecule has 0 amide bonds. The van der Waals surface area contributed by atoms with Gasteiger partial charge in [0.2, 0.25) is 0 Å². The van der Waals surface area contributed by atoms with Crippen LogP contribution in [-0.4, -0.2) is 40.4 Å². The molecule has 0 aliphatic heterocycles. The molecule has 1 N–H and O–H groups in total. The fraction of sp³-hybridized carbons (Fsp3) is 0.391. The SMILES string of the molecule is CCCCCc1nc(CCC)nn1Cc1ccc(-c2ccccc2-c2nnn[nH]2)nc1. The molecule has 0 bridgehead atoms. The molecule has 31 heavy (non-hydrogen) atoms. The number of pyridine rings is 1. The third kappa shape index (κ3) is 5.02. The van der Waals surface area contributed by atoms with Gasteiger partial charge in [0.1, 0.15) is 5.82 Å². The number of hydrogen-bond acceptors (Lipinski definition) is 6. The summed E-state index contributed by atoms with van der Waals surface area (Å²) < 4.78 is 2.05.